The molecule has 0 saturated carbocycles. The van der Waals surface area contributed by atoms with Gasteiger partial charge in [0.25, 0.3) is 0 Å². The van der Waals surface area contributed by atoms with Gasteiger partial charge in [-0.2, -0.15) is 0 Å². The third-order valence-corrected chi connectivity index (χ3v) is 3.40. The Kier molecular flexibility index (Phi) is 4.43. The van der Waals surface area contributed by atoms with E-state index in [1.54, 1.807) is 18.2 Å². The van der Waals surface area contributed by atoms with Crippen LogP contribution in [-0.2, 0) is 0 Å². The van der Waals surface area contributed by atoms with Crippen LogP contribution in [-0.4, -0.2) is 36.5 Å². The zero-order valence-corrected chi connectivity index (χ0v) is 12.6. The highest BCUT2D eigenvalue weighted by Gasteiger charge is 2.10. The van der Waals surface area contributed by atoms with Gasteiger partial charge in [-0.05, 0) is 36.4 Å². The first-order valence-electron chi connectivity index (χ1n) is 7.25. The lowest BCUT2D eigenvalue weighted by atomic mass is 10.2. The molecular weight excluding hydrogens is 299 g/mol. The highest BCUT2D eigenvalue weighted by Crippen LogP contribution is 2.27. The summed E-state index contributed by atoms with van der Waals surface area (Å²) >= 11 is 0. The van der Waals surface area contributed by atoms with E-state index in [1.807, 2.05) is 31.3 Å². The molecule has 5 nitrogen and oxygen atoms in total. The number of aliphatic hydroxyl groups is 1. The number of alkyl halides is 1. The van der Waals surface area contributed by atoms with Crippen LogP contribution < -0.4 is 10.1 Å². The Hall–Kier alpha value is -2.60. The first-order valence-corrected chi connectivity index (χ1v) is 7.25. The van der Waals surface area contributed by atoms with Gasteiger partial charge in [-0.25, -0.2) is 9.37 Å². The number of hydrogen-bond donors (Lipinski definition) is 2. The minimum atomic E-state index is -1.12. The van der Waals surface area contributed by atoms with E-state index in [0.29, 0.717) is 22.7 Å². The second kappa shape index (κ2) is 6.66. The van der Waals surface area contributed by atoms with Gasteiger partial charge in [0.1, 0.15) is 30.7 Å². The van der Waals surface area contributed by atoms with E-state index in [0.717, 1.165) is 11.3 Å². The van der Waals surface area contributed by atoms with E-state index in [-0.39, 0.29) is 6.61 Å². The summed E-state index contributed by atoms with van der Waals surface area (Å²) in [6.07, 6.45) is -1.12. The first-order chi connectivity index (χ1) is 11.2. The van der Waals surface area contributed by atoms with Crippen molar-refractivity contribution in [3.63, 3.8) is 0 Å². The molecule has 0 radical (unpaired) electrons. The summed E-state index contributed by atoms with van der Waals surface area (Å²) in [5.74, 6) is 1.02. The van der Waals surface area contributed by atoms with Crippen molar-refractivity contribution >= 4 is 16.8 Å². The minimum absolute atomic E-state index is 0.103. The van der Waals surface area contributed by atoms with Gasteiger partial charge in [0.15, 0.2) is 5.58 Å². The largest absolute Gasteiger partial charge is 0.491 e. The third kappa shape index (κ3) is 3.43. The van der Waals surface area contributed by atoms with Gasteiger partial charge in [-0.1, -0.05) is 0 Å². The Morgan fingerprint density at radius 1 is 1.26 bits per heavy atom. The molecule has 1 atom stereocenters. The fourth-order valence-electron chi connectivity index (χ4n) is 2.13. The number of halogens is 1. The number of rotatable bonds is 6. The molecule has 0 fully saturated rings. The number of nitrogens with zero attached hydrogens (tertiary/aromatic N) is 1. The van der Waals surface area contributed by atoms with Crippen molar-refractivity contribution in [2.45, 2.75) is 6.10 Å². The number of aromatic nitrogens is 1. The van der Waals surface area contributed by atoms with Gasteiger partial charge >= 0.3 is 0 Å². The third-order valence-electron chi connectivity index (χ3n) is 3.40. The lowest BCUT2D eigenvalue weighted by molar-refractivity contribution is 0.0842. The van der Waals surface area contributed by atoms with Crippen LogP contribution in [0.15, 0.2) is 46.9 Å². The number of benzene rings is 2. The van der Waals surface area contributed by atoms with Gasteiger partial charge in [0.2, 0.25) is 5.89 Å². The van der Waals surface area contributed by atoms with Crippen LogP contribution >= 0.6 is 0 Å². The van der Waals surface area contributed by atoms with Crippen LogP contribution in [0, 0.1) is 0 Å². The molecule has 23 heavy (non-hydrogen) atoms. The molecule has 1 aromatic heterocycles. The van der Waals surface area contributed by atoms with Crippen LogP contribution in [0.5, 0.6) is 5.75 Å². The van der Waals surface area contributed by atoms with Gasteiger partial charge < -0.3 is 19.6 Å². The molecule has 0 amide bonds. The second-order valence-corrected chi connectivity index (χ2v) is 5.10. The molecular formula is C17H17FN2O3. The summed E-state index contributed by atoms with van der Waals surface area (Å²) in [5, 5.41) is 12.2. The number of nitrogens with one attached hydrogen (secondary N) is 1. The van der Waals surface area contributed by atoms with Gasteiger partial charge in [-0.3, -0.25) is 0 Å². The number of anilines is 1. The zero-order chi connectivity index (χ0) is 16.2. The highest BCUT2D eigenvalue weighted by atomic mass is 19.1. The van der Waals surface area contributed by atoms with Gasteiger partial charge in [-0.15, -0.1) is 0 Å². The zero-order valence-electron chi connectivity index (χ0n) is 12.6. The first kappa shape index (κ1) is 15.3. The molecule has 0 spiro atoms. The Bertz CT molecular complexity index is 786. The lowest BCUT2D eigenvalue weighted by Crippen LogP contribution is -2.19. The van der Waals surface area contributed by atoms with E-state index in [2.05, 4.69) is 10.3 Å². The molecule has 2 aromatic carbocycles. The predicted molar refractivity (Wildman–Crippen MR) is 86.5 cm³/mol. The molecule has 0 aliphatic heterocycles. The maximum absolute atomic E-state index is 12.2. The molecule has 120 valence electrons. The minimum Gasteiger partial charge on any atom is -0.491 e. The molecule has 0 bridgehead atoms. The fourth-order valence-corrected chi connectivity index (χ4v) is 2.13. The maximum Gasteiger partial charge on any atom is 0.227 e. The lowest BCUT2D eigenvalue weighted by Gasteiger charge is -2.08. The van der Waals surface area contributed by atoms with Crippen LogP contribution in [0.2, 0.25) is 0 Å². The summed E-state index contributed by atoms with van der Waals surface area (Å²) in [7, 11) is 1.86. The van der Waals surface area contributed by atoms with Crippen molar-refractivity contribution < 1.29 is 18.7 Å². The van der Waals surface area contributed by atoms with Crippen LogP contribution in [0.1, 0.15) is 0 Å². The highest BCUT2D eigenvalue weighted by molar-refractivity contribution is 5.77. The maximum atomic E-state index is 12.2. The second-order valence-electron chi connectivity index (χ2n) is 5.10. The van der Waals surface area contributed by atoms with Crippen LogP contribution in [0.4, 0.5) is 10.1 Å². The normalized spacial score (nSPS) is 12.3. The SMILES string of the molecule is CNc1ccc(-c2nc3ccc(OC[C@@H](O)CF)cc3o2)cc1. The van der Waals surface area contributed by atoms with Crippen LogP contribution in [0.25, 0.3) is 22.6 Å². The molecule has 2 N–H and O–H groups in total. The summed E-state index contributed by atoms with van der Waals surface area (Å²) in [4.78, 5) is 4.44. The number of ether oxygens (including phenoxy) is 1. The molecule has 0 unspecified atom stereocenters. The summed E-state index contributed by atoms with van der Waals surface area (Å²) < 4.78 is 23.3. The fraction of sp³-hybridized carbons (Fsp3) is 0.235. The van der Waals surface area contributed by atoms with E-state index < -0.39 is 12.8 Å². The van der Waals surface area contributed by atoms with E-state index in [4.69, 9.17) is 9.15 Å². The molecule has 6 heteroatoms. The standard InChI is InChI=1S/C17H17FN2O3/c1-19-12-4-2-11(3-5-12)17-20-15-7-6-14(8-16(15)23-17)22-10-13(21)9-18/h2-8,13,19,21H,9-10H2,1H3/t13-/m0/s1. The average Bonchev–Trinajstić information content (AvgIpc) is 3.03. The van der Waals surface area contributed by atoms with E-state index in [9.17, 15) is 9.50 Å². The molecule has 3 rings (SSSR count). The van der Waals surface area contributed by atoms with Crippen molar-refractivity contribution in [3.8, 4) is 17.2 Å². The van der Waals surface area contributed by atoms with E-state index in [1.165, 1.54) is 0 Å². The quantitative estimate of drug-likeness (QED) is 0.731. The number of fused-ring (bicyclic) bond motifs is 1. The molecule has 0 aliphatic carbocycles. The van der Waals surface area contributed by atoms with Gasteiger partial charge in [0.05, 0.1) is 0 Å². The van der Waals surface area contributed by atoms with E-state index >= 15 is 0 Å². The van der Waals surface area contributed by atoms with Crippen molar-refractivity contribution in [1.29, 1.82) is 0 Å². The van der Waals surface area contributed by atoms with Gasteiger partial charge in [0, 0.05) is 24.4 Å². The molecule has 3 aromatic rings. The smallest absolute Gasteiger partial charge is 0.227 e. The number of oxazole rings is 1. The van der Waals surface area contributed by atoms with Crippen molar-refractivity contribution in [2.24, 2.45) is 0 Å². The monoisotopic (exact) mass is 316 g/mol. The Balaban J connectivity index is 1.83. The summed E-state index contributed by atoms with van der Waals surface area (Å²) in [5.41, 5.74) is 3.16. The summed E-state index contributed by atoms with van der Waals surface area (Å²) in [6, 6.07) is 12.9. The van der Waals surface area contributed by atoms with Crippen LogP contribution in [0.3, 0.4) is 0 Å². The number of aliphatic hydroxyl groups excluding tert-OH is 1. The predicted octanol–water partition coefficient (Wildman–Crippen LogP) is 3.25. The molecule has 1 heterocycles. The Morgan fingerprint density at radius 3 is 2.74 bits per heavy atom. The Morgan fingerprint density at radius 2 is 2.04 bits per heavy atom. The molecule has 0 saturated heterocycles. The molecule has 0 aliphatic rings. The van der Waals surface area contributed by atoms with Crippen molar-refractivity contribution in [3.05, 3.63) is 42.5 Å². The van der Waals surface area contributed by atoms with Crippen molar-refractivity contribution in [2.75, 3.05) is 25.6 Å². The average molecular weight is 316 g/mol. The summed E-state index contributed by atoms with van der Waals surface area (Å²) in [6.45, 7) is -0.939. The topological polar surface area (TPSA) is 67.5 Å². The number of hydrogen-bond acceptors (Lipinski definition) is 5. The Labute approximate surface area is 132 Å². The van der Waals surface area contributed by atoms with Crippen molar-refractivity contribution in [1.82, 2.24) is 4.98 Å².